The number of rotatable bonds is 23. The summed E-state index contributed by atoms with van der Waals surface area (Å²) in [6, 6.07) is 9.16. The third-order valence-electron chi connectivity index (χ3n) is 8.01. The minimum atomic E-state index is -0.535. The number of nitrogens with one attached hydrogen (secondary N) is 2. The first-order valence-corrected chi connectivity index (χ1v) is 16.8. The van der Waals surface area contributed by atoms with Crippen molar-refractivity contribution in [2.45, 2.75) is 39.7 Å². The van der Waals surface area contributed by atoms with Gasteiger partial charge in [0.05, 0.1) is 64.8 Å². The molecule has 3 rings (SSSR count). The lowest BCUT2D eigenvalue weighted by atomic mass is 10.0. The molecule has 0 aromatic heterocycles. The van der Waals surface area contributed by atoms with Crippen molar-refractivity contribution in [3.63, 3.8) is 0 Å². The smallest absolute Gasteiger partial charge is 0.338 e. The van der Waals surface area contributed by atoms with Crippen LogP contribution in [0.4, 0.5) is 5.69 Å². The quantitative estimate of drug-likeness (QED) is 0.0565. The third kappa shape index (κ3) is 11.6. The molecule has 0 amide bonds. The van der Waals surface area contributed by atoms with Crippen molar-refractivity contribution in [2.75, 3.05) is 74.9 Å². The molecule has 0 heterocycles. The van der Waals surface area contributed by atoms with E-state index in [1.807, 2.05) is 0 Å². The number of ether oxygens (including phenoxy) is 8. The van der Waals surface area contributed by atoms with Gasteiger partial charge >= 0.3 is 11.9 Å². The van der Waals surface area contributed by atoms with Crippen molar-refractivity contribution in [2.24, 2.45) is 0 Å². The normalized spacial score (nSPS) is 10.7. The highest BCUT2D eigenvalue weighted by Gasteiger charge is 2.21. The van der Waals surface area contributed by atoms with Crippen molar-refractivity contribution in [3.05, 3.63) is 74.3 Å². The summed E-state index contributed by atoms with van der Waals surface area (Å²) in [4.78, 5) is 36.2. The van der Waals surface area contributed by atoms with Gasteiger partial charge in [-0.15, -0.1) is 0 Å². The first-order chi connectivity index (χ1) is 25.1. The molecule has 0 radical (unpaired) electrons. The molecule has 0 saturated heterocycles. The van der Waals surface area contributed by atoms with Gasteiger partial charge in [-0.05, 0) is 100 Å². The average molecular weight is 728 g/mol. The second-order valence-corrected chi connectivity index (χ2v) is 11.6. The van der Waals surface area contributed by atoms with Gasteiger partial charge < -0.3 is 48.5 Å². The largest absolute Gasteiger partial charge is 0.493 e. The summed E-state index contributed by atoms with van der Waals surface area (Å²) in [7, 11) is 7.39. The maximum absolute atomic E-state index is 12.9. The van der Waals surface area contributed by atoms with E-state index in [-0.39, 0.29) is 36.8 Å². The van der Waals surface area contributed by atoms with Crippen LogP contribution in [0.1, 0.15) is 56.7 Å². The Hall–Kier alpha value is -5.28. The number of nitro groups is 1. The lowest BCUT2D eigenvalue weighted by molar-refractivity contribution is -0.385. The van der Waals surface area contributed by atoms with Gasteiger partial charge in [0.2, 0.25) is 11.5 Å². The first kappa shape index (κ1) is 41.1. The number of carbonyl (C=O) groups is 2. The molecule has 0 aliphatic heterocycles. The number of nitro benzene ring substituents is 1. The molecule has 0 aliphatic rings. The third-order valence-corrected chi connectivity index (χ3v) is 8.01. The Morgan fingerprint density at radius 2 is 1.02 bits per heavy atom. The summed E-state index contributed by atoms with van der Waals surface area (Å²) in [6.45, 7) is 7.06. The van der Waals surface area contributed by atoms with Crippen LogP contribution < -0.4 is 39.1 Å². The molecule has 0 unspecified atom stereocenters. The highest BCUT2D eigenvalue weighted by molar-refractivity contribution is 5.91. The molecule has 0 atom stereocenters. The fraction of sp³-hybridized carbons (Fsp3) is 0.459. The Labute approximate surface area is 303 Å². The van der Waals surface area contributed by atoms with Gasteiger partial charge in [-0.25, -0.2) is 9.59 Å². The van der Waals surface area contributed by atoms with E-state index in [1.165, 1.54) is 59.8 Å². The molecular formula is C37H49N3O12. The topological polar surface area (TPSA) is 175 Å². The molecule has 0 fully saturated rings. The van der Waals surface area contributed by atoms with Gasteiger partial charge in [-0.2, -0.15) is 0 Å². The summed E-state index contributed by atoms with van der Waals surface area (Å²) in [5.41, 5.74) is 2.77. The Kier molecular flexibility index (Phi) is 16.7. The zero-order valence-corrected chi connectivity index (χ0v) is 30.9. The standard InChI is InChI=1S/C37H49N3O12/c1-24-17-28(40(43)44)18-25(2)29(24)23-52-33-22-27(21-32(47-5)35(33)49-7)37(42)51-16-10-14-39-12-8-11-38-13-9-15-50-36(41)26-19-30(45-3)34(48-6)31(20-26)46-4/h17-22,38-39H,8-16,23H2,1-7H3. The van der Waals surface area contributed by atoms with E-state index in [9.17, 15) is 19.7 Å². The van der Waals surface area contributed by atoms with Crippen LogP contribution >= 0.6 is 0 Å². The summed E-state index contributed by atoms with van der Waals surface area (Å²) in [5.74, 6) is 1.04. The Morgan fingerprint density at radius 1 is 0.615 bits per heavy atom. The van der Waals surface area contributed by atoms with Crippen molar-refractivity contribution in [1.82, 2.24) is 10.6 Å². The molecule has 0 bridgehead atoms. The first-order valence-electron chi connectivity index (χ1n) is 16.8. The summed E-state index contributed by atoms with van der Waals surface area (Å²) in [6.07, 6.45) is 2.16. The van der Waals surface area contributed by atoms with Crippen LogP contribution in [-0.2, 0) is 16.1 Å². The molecule has 3 aromatic carbocycles. The highest BCUT2D eigenvalue weighted by Crippen LogP contribution is 2.40. The fourth-order valence-electron chi connectivity index (χ4n) is 5.29. The Morgan fingerprint density at radius 3 is 1.42 bits per heavy atom. The molecule has 284 valence electrons. The number of aryl methyl sites for hydroxylation is 2. The number of hydrogen-bond donors (Lipinski definition) is 2. The molecule has 3 aromatic rings. The van der Waals surface area contributed by atoms with Gasteiger partial charge in [0.25, 0.3) is 5.69 Å². The predicted octanol–water partition coefficient (Wildman–Crippen LogP) is 5.20. The average Bonchev–Trinajstić information content (AvgIpc) is 3.14. The minimum absolute atomic E-state index is 0.00959. The van der Waals surface area contributed by atoms with Crippen molar-refractivity contribution in [1.29, 1.82) is 0 Å². The van der Waals surface area contributed by atoms with E-state index < -0.39 is 16.9 Å². The van der Waals surface area contributed by atoms with Crippen LogP contribution in [0.25, 0.3) is 0 Å². The van der Waals surface area contributed by atoms with Crippen LogP contribution in [0.5, 0.6) is 34.5 Å². The number of carbonyl (C=O) groups excluding carboxylic acids is 2. The zero-order chi connectivity index (χ0) is 38.0. The van der Waals surface area contributed by atoms with Crippen LogP contribution in [0.15, 0.2) is 36.4 Å². The van der Waals surface area contributed by atoms with E-state index in [2.05, 4.69) is 10.6 Å². The lowest BCUT2D eigenvalue weighted by Gasteiger charge is -2.17. The van der Waals surface area contributed by atoms with Gasteiger partial charge in [-0.3, -0.25) is 10.1 Å². The Balaban J connectivity index is 1.33. The Bertz CT molecular complexity index is 1620. The summed E-state index contributed by atoms with van der Waals surface area (Å²) < 4.78 is 43.7. The van der Waals surface area contributed by atoms with Gasteiger partial charge in [0, 0.05) is 12.1 Å². The monoisotopic (exact) mass is 727 g/mol. The van der Waals surface area contributed by atoms with Gasteiger partial charge in [0.15, 0.2) is 23.0 Å². The SMILES string of the molecule is COc1cc(C(=O)OCCCNCCCNCCCOC(=O)c2cc(OC)c(OC)c(OCc3c(C)cc([N+](=O)[O-])cc3C)c2)cc(OC)c1OC. The second-order valence-electron chi connectivity index (χ2n) is 11.6. The van der Waals surface area contributed by atoms with E-state index in [0.717, 1.165) is 25.1 Å². The van der Waals surface area contributed by atoms with Crippen LogP contribution in [0, 0.1) is 24.0 Å². The number of hydrogen-bond acceptors (Lipinski definition) is 14. The molecule has 2 N–H and O–H groups in total. The van der Waals surface area contributed by atoms with E-state index in [4.69, 9.17) is 37.9 Å². The molecule has 15 heteroatoms. The predicted molar refractivity (Wildman–Crippen MR) is 193 cm³/mol. The number of esters is 2. The van der Waals surface area contributed by atoms with Gasteiger partial charge in [-0.1, -0.05) is 0 Å². The molecule has 0 spiro atoms. The van der Waals surface area contributed by atoms with E-state index >= 15 is 0 Å². The maximum atomic E-state index is 12.9. The molecule has 0 saturated carbocycles. The molecule has 15 nitrogen and oxygen atoms in total. The lowest BCUT2D eigenvalue weighted by Crippen LogP contribution is -2.24. The second kappa shape index (κ2) is 21.2. The minimum Gasteiger partial charge on any atom is -0.493 e. The number of benzene rings is 3. The number of non-ortho nitro benzene ring substituents is 1. The molecule has 52 heavy (non-hydrogen) atoms. The fourth-order valence-corrected chi connectivity index (χ4v) is 5.29. The van der Waals surface area contributed by atoms with Crippen LogP contribution in [0.2, 0.25) is 0 Å². The van der Waals surface area contributed by atoms with Crippen LogP contribution in [0.3, 0.4) is 0 Å². The van der Waals surface area contributed by atoms with Gasteiger partial charge in [0.1, 0.15) is 6.61 Å². The molecule has 0 aliphatic carbocycles. The number of methoxy groups -OCH3 is 5. The van der Waals surface area contributed by atoms with E-state index in [0.29, 0.717) is 71.4 Å². The van der Waals surface area contributed by atoms with Crippen molar-refractivity contribution < 1.29 is 52.4 Å². The van der Waals surface area contributed by atoms with Crippen molar-refractivity contribution >= 4 is 17.6 Å². The van der Waals surface area contributed by atoms with Crippen LogP contribution in [-0.4, -0.2) is 91.8 Å². The molecular weight excluding hydrogens is 678 g/mol. The van der Waals surface area contributed by atoms with Crippen molar-refractivity contribution in [3.8, 4) is 34.5 Å². The summed E-state index contributed by atoms with van der Waals surface area (Å²) in [5, 5.41) is 17.9. The highest BCUT2D eigenvalue weighted by atomic mass is 16.6. The number of nitrogens with zero attached hydrogens (tertiary/aromatic N) is 1. The van der Waals surface area contributed by atoms with E-state index in [1.54, 1.807) is 26.0 Å². The zero-order valence-electron chi connectivity index (χ0n) is 30.9. The maximum Gasteiger partial charge on any atom is 0.338 e. The summed E-state index contributed by atoms with van der Waals surface area (Å²) >= 11 is 0.